The van der Waals surface area contributed by atoms with Crippen molar-refractivity contribution in [3.05, 3.63) is 52.1 Å². The Balaban J connectivity index is 1.25. The number of nitrogens with two attached hydrogens (primary N) is 1. The molecule has 2 fully saturated rings. The SMILES string of the molecule is NC(=O)c1cccnc1OC1CC2(CC(NC(=O)c3cc(Br)cc(OCCC(F)(F)F)c3)C2)C1. The van der Waals surface area contributed by atoms with Gasteiger partial charge in [-0.1, -0.05) is 15.9 Å². The van der Waals surface area contributed by atoms with Gasteiger partial charge in [0, 0.05) is 22.3 Å². The lowest BCUT2D eigenvalue weighted by Gasteiger charge is -2.57. The summed E-state index contributed by atoms with van der Waals surface area (Å²) in [5, 5.41) is 2.97. The summed E-state index contributed by atoms with van der Waals surface area (Å²) in [5.41, 5.74) is 6.00. The molecule has 2 amide bonds. The summed E-state index contributed by atoms with van der Waals surface area (Å²) in [6.45, 7) is -0.519. The fraction of sp³-hybridized carbons (Fsp3) is 0.435. The van der Waals surface area contributed by atoms with E-state index >= 15 is 0 Å². The zero-order chi connectivity index (χ0) is 24.5. The predicted molar refractivity (Wildman–Crippen MR) is 120 cm³/mol. The minimum absolute atomic E-state index is 0.00180. The Morgan fingerprint density at radius 2 is 1.94 bits per heavy atom. The van der Waals surface area contributed by atoms with E-state index in [9.17, 15) is 22.8 Å². The van der Waals surface area contributed by atoms with Gasteiger partial charge in [0.15, 0.2) is 0 Å². The maximum absolute atomic E-state index is 12.7. The van der Waals surface area contributed by atoms with E-state index in [1.54, 1.807) is 24.4 Å². The highest BCUT2D eigenvalue weighted by atomic mass is 79.9. The van der Waals surface area contributed by atoms with Gasteiger partial charge in [-0.2, -0.15) is 13.2 Å². The van der Waals surface area contributed by atoms with Crippen LogP contribution in [0.3, 0.4) is 0 Å². The number of rotatable bonds is 8. The van der Waals surface area contributed by atoms with E-state index in [0.717, 1.165) is 25.7 Å². The lowest BCUT2D eigenvalue weighted by Crippen LogP contribution is -2.58. The molecule has 7 nitrogen and oxygen atoms in total. The molecular weight excluding hydrogens is 519 g/mol. The number of aromatic nitrogens is 1. The summed E-state index contributed by atoms with van der Waals surface area (Å²) in [6, 6.07) is 7.74. The number of amides is 2. The molecule has 34 heavy (non-hydrogen) atoms. The van der Waals surface area contributed by atoms with Crippen molar-refractivity contribution in [1.29, 1.82) is 0 Å². The molecule has 0 atom stereocenters. The van der Waals surface area contributed by atoms with Crippen LogP contribution in [0, 0.1) is 5.41 Å². The van der Waals surface area contributed by atoms with Gasteiger partial charge in [-0.3, -0.25) is 9.59 Å². The molecule has 4 rings (SSSR count). The van der Waals surface area contributed by atoms with Gasteiger partial charge < -0.3 is 20.5 Å². The van der Waals surface area contributed by atoms with Gasteiger partial charge in [0.25, 0.3) is 11.8 Å². The number of alkyl halides is 3. The molecule has 1 heterocycles. The van der Waals surface area contributed by atoms with Gasteiger partial charge in [-0.05, 0) is 61.4 Å². The quantitative estimate of drug-likeness (QED) is 0.515. The topological polar surface area (TPSA) is 104 Å². The number of nitrogens with zero attached hydrogens (tertiary/aromatic N) is 1. The van der Waals surface area contributed by atoms with Crippen LogP contribution in [0.15, 0.2) is 41.0 Å². The Morgan fingerprint density at radius 3 is 2.62 bits per heavy atom. The number of nitrogens with one attached hydrogen (secondary N) is 1. The second-order valence-corrected chi connectivity index (χ2v) is 9.75. The summed E-state index contributed by atoms with van der Waals surface area (Å²) in [5.74, 6) is -0.474. The van der Waals surface area contributed by atoms with E-state index in [1.807, 2.05) is 0 Å². The van der Waals surface area contributed by atoms with Gasteiger partial charge in [-0.15, -0.1) is 0 Å². The average molecular weight is 542 g/mol. The monoisotopic (exact) mass is 541 g/mol. The highest BCUT2D eigenvalue weighted by Crippen LogP contribution is 2.56. The highest BCUT2D eigenvalue weighted by molar-refractivity contribution is 9.10. The molecular formula is C23H23BrF3N3O4. The highest BCUT2D eigenvalue weighted by Gasteiger charge is 2.54. The fourth-order valence-electron chi connectivity index (χ4n) is 4.57. The van der Waals surface area contributed by atoms with Crippen LogP contribution < -0.4 is 20.5 Å². The van der Waals surface area contributed by atoms with Crippen molar-refractivity contribution in [1.82, 2.24) is 10.3 Å². The summed E-state index contributed by atoms with van der Waals surface area (Å²) >= 11 is 3.27. The Kier molecular flexibility index (Phi) is 6.75. The maximum atomic E-state index is 12.7. The Labute approximate surface area is 202 Å². The summed E-state index contributed by atoms with van der Waals surface area (Å²) < 4.78 is 48.5. The molecule has 2 aliphatic rings. The molecule has 0 radical (unpaired) electrons. The Hall–Kier alpha value is -2.82. The third-order valence-corrected chi connectivity index (χ3v) is 6.58. The number of carbonyl (C=O) groups is 2. The third kappa shape index (κ3) is 5.81. The summed E-state index contributed by atoms with van der Waals surface area (Å²) in [6.07, 6.45) is -0.714. The average Bonchev–Trinajstić information content (AvgIpc) is 2.69. The van der Waals surface area contributed by atoms with Crippen LogP contribution in [0.2, 0.25) is 0 Å². The van der Waals surface area contributed by atoms with E-state index < -0.39 is 25.1 Å². The zero-order valence-corrected chi connectivity index (χ0v) is 19.6. The molecule has 2 saturated carbocycles. The number of benzene rings is 1. The lowest BCUT2D eigenvalue weighted by molar-refractivity contribution is -0.139. The predicted octanol–water partition coefficient (Wildman–Crippen LogP) is 4.39. The first-order chi connectivity index (χ1) is 16.0. The van der Waals surface area contributed by atoms with Gasteiger partial charge in [0.05, 0.1) is 13.0 Å². The van der Waals surface area contributed by atoms with E-state index in [0.29, 0.717) is 10.0 Å². The van der Waals surface area contributed by atoms with Crippen LogP contribution >= 0.6 is 15.9 Å². The van der Waals surface area contributed by atoms with Crippen LogP contribution in [0.4, 0.5) is 13.2 Å². The van der Waals surface area contributed by atoms with Crippen LogP contribution in [0.5, 0.6) is 11.6 Å². The first-order valence-electron chi connectivity index (χ1n) is 10.7. The van der Waals surface area contributed by atoms with Crippen molar-refractivity contribution in [2.45, 2.75) is 50.4 Å². The first kappa shape index (κ1) is 24.3. The molecule has 0 aliphatic heterocycles. The smallest absolute Gasteiger partial charge is 0.392 e. The van der Waals surface area contributed by atoms with Crippen molar-refractivity contribution in [2.75, 3.05) is 6.61 Å². The minimum Gasteiger partial charge on any atom is -0.493 e. The summed E-state index contributed by atoms with van der Waals surface area (Å²) in [7, 11) is 0. The van der Waals surface area contributed by atoms with Crippen molar-refractivity contribution in [3.8, 4) is 11.6 Å². The molecule has 11 heteroatoms. The van der Waals surface area contributed by atoms with E-state index in [-0.39, 0.29) is 40.7 Å². The molecule has 1 aromatic heterocycles. The molecule has 0 saturated heterocycles. The van der Waals surface area contributed by atoms with Crippen LogP contribution in [0.1, 0.15) is 52.8 Å². The van der Waals surface area contributed by atoms with Crippen molar-refractivity contribution >= 4 is 27.7 Å². The molecule has 0 bridgehead atoms. The zero-order valence-electron chi connectivity index (χ0n) is 18.0. The van der Waals surface area contributed by atoms with Crippen LogP contribution in [0.25, 0.3) is 0 Å². The first-order valence-corrected chi connectivity index (χ1v) is 11.5. The standard InChI is InChI=1S/C23H23BrF3N3O4/c24-14-6-13(7-16(8-14)33-5-3-23(25,26)27)20(32)30-15-9-22(10-15)11-17(12-22)34-21-18(19(28)31)2-1-4-29-21/h1-2,4,6-8,15,17H,3,5,9-12H2,(H2,28,31)(H,30,32). The molecule has 2 aromatic rings. The third-order valence-electron chi connectivity index (χ3n) is 6.12. The number of ether oxygens (including phenoxy) is 2. The normalized spacial score (nSPS) is 23.5. The number of pyridine rings is 1. The molecule has 2 aliphatic carbocycles. The summed E-state index contributed by atoms with van der Waals surface area (Å²) in [4.78, 5) is 28.3. The van der Waals surface area contributed by atoms with Crippen molar-refractivity contribution in [2.24, 2.45) is 11.1 Å². The van der Waals surface area contributed by atoms with Gasteiger partial charge in [0.1, 0.15) is 17.4 Å². The lowest BCUT2D eigenvalue weighted by atomic mass is 9.53. The van der Waals surface area contributed by atoms with Crippen molar-refractivity contribution in [3.63, 3.8) is 0 Å². The van der Waals surface area contributed by atoms with Gasteiger partial charge in [-0.25, -0.2) is 4.98 Å². The fourth-order valence-corrected chi connectivity index (χ4v) is 5.04. The van der Waals surface area contributed by atoms with E-state index in [4.69, 9.17) is 15.2 Å². The maximum Gasteiger partial charge on any atom is 0.392 e. The minimum atomic E-state index is -4.31. The van der Waals surface area contributed by atoms with E-state index in [1.165, 1.54) is 12.1 Å². The molecule has 1 spiro atoms. The van der Waals surface area contributed by atoms with Crippen LogP contribution in [-0.4, -0.2) is 41.7 Å². The number of hydrogen-bond acceptors (Lipinski definition) is 5. The number of carbonyl (C=O) groups excluding carboxylic acids is 2. The second kappa shape index (κ2) is 9.44. The van der Waals surface area contributed by atoms with Gasteiger partial charge in [0.2, 0.25) is 5.88 Å². The molecule has 0 unspecified atom stereocenters. The molecule has 3 N–H and O–H groups in total. The van der Waals surface area contributed by atoms with Gasteiger partial charge >= 0.3 is 6.18 Å². The molecule has 182 valence electrons. The second-order valence-electron chi connectivity index (χ2n) is 8.84. The van der Waals surface area contributed by atoms with Crippen LogP contribution in [-0.2, 0) is 0 Å². The Bertz CT molecular complexity index is 1080. The number of halogens is 4. The number of primary amides is 1. The molecule has 1 aromatic carbocycles. The Morgan fingerprint density at radius 1 is 1.21 bits per heavy atom. The van der Waals surface area contributed by atoms with E-state index in [2.05, 4.69) is 26.2 Å². The van der Waals surface area contributed by atoms with Crippen molar-refractivity contribution < 1.29 is 32.2 Å². The number of hydrogen-bond donors (Lipinski definition) is 2. The largest absolute Gasteiger partial charge is 0.493 e.